The third-order valence-electron chi connectivity index (χ3n) is 2.87. The van der Waals surface area contributed by atoms with E-state index in [9.17, 15) is 4.79 Å². The van der Waals surface area contributed by atoms with Crippen molar-refractivity contribution in [1.29, 1.82) is 0 Å². The summed E-state index contributed by atoms with van der Waals surface area (Å²) in [7, 11) is 0. The van der Waals surface area contributed by atoms with E-state index >= 15 is 0 Å². The summed E-state index contributed by atoms with van der Waals surface area (Å²) < 4.78 is 0. The first-order chi connectivity index (χ1) is 8.20. The minimum Gasteiger partial charge on any atom is -0.381 e. The molecule has 1 aromatic rings. The lowest BCUT2D eigenvalue weighted by Gasteiger charge is -2.14. The van der Waals surface area contributed by atoms with Gasteiger partial charge in [0.15, 0.2) is 0 Å². The summed E-state index contributed by atoms with van der Waals surface area (Å²) in [6.45, 7) is 0. The standard InChI is InChI=1S/C13H15ClN2O/c14-8-9-3-1-2-4-11(9)12-6-5-10(16-12)7-13(15)17/h1-4,6,10,16H,5,7-8H2,(H2,15,17). The quantitative estimate of drug-likeness (QED) is 0.804. The Labute approximate surface area is 106 Å². The molecule has 2 rings (SSSR count). The molecule has 0 aromatic heterocycles. The zero-order valence-electron chi connectivity index (χ0n) is 9.45. The van der Waals surface area contributed by atoms with Crippen LogP contribution >= 0.6 is 11.6 Å². The summed E-state index contributed by atoms with van der Waals surface area (Å²) in [6, 6.07) is 8.11. The van der Waals surface area contributed by atoms with E-state index in [1.165, 1.54) is 0 Å². The Bertz CT molecular complexity index is 456. The van der Waals surface area contributed by atoms with Crippen LogP contribution < -0.4 is 11.1 Å². The predicted molar refractivity (Wildman–Crippen MR) is 69.3 cm³/mol. The summed E-state index contributed by atoms with van der Waals surface area (Å²) >= 11 is 5.90. The smallest absolute Gasteiger partial charge is 0.219 e. The normalized spacial score (nSPS) is 18.6. The van der Waals surface area contributed by atoms with Crippen molar-refractivity contribution in [2.24, 2.45) is 5.73 Å². The molecule has 3 N–H and O–H groups in total. The number of hydrogen-bond donors (Lipinski definition) is 2. The van der Waals surface area contributed by atoms with E-state index in [1.54, 1.807) is 0 Å². The SMILES string of the molecule is NC(=O)CC1CC=C(c2ccccc2CCl)N1. The number of carbonyl (C=O) groups is 1. The van der Waals surface area contributed by atoms with E-state index in [1.807, 2.05) is 24.3 Å². The van der Waals surface area contributed by atoms with E-state index in [2.05, 4.69) is 11.4 Å². The van der Waals surface area contributed by atoms with Crippen molar-refractivity contribution in [1.82, 2.24) is 5.32 Å². The van der Waals surface area contributed by atoms with Gasteiger partial charge in [0, 0.05) is 29.6 Å². The molecule has 4 heteroatoms. The minimum absolute atomic E-state index is 0.117. The van der Waals surface area contributed by atoms with Gasteiger partial charge in [0.05, 0.1) is 0 Å². The van der Waals surface area contributed by atoms with Gasteiger partial charge in [-0.2, -0.15) is 0 Å². The zero-order valence-corrected chi connectivity index (χ0v) is 10.2. The molecule has 17 heavy (non-hydrogen) atoms. The number of alkyl halides is 1. The van der Waals surface area contributed by atoms with E-state index in [0.29, 0.717) is 12.3 Å². The Balaban J connectivity index is 2.12. The van der Waals surface area contributed by atoms with Gasteiger partial charge in [-0.3, -0.25) is 4.79 Å². The lowest BCUT2D eigenvalue weighted by Crippen LogP contribution is -2.28. The molecule has 90 valence electrons. The monoisotopic (exact) mass is 250 g/mol. The number of carbonyl (C=O) groups excluding carboxylic acids is 1. The molecule has 1 heterocycles. The van der Waals surface area contributed by atoms with Gasteiger partial charge in [0.1, 0.15) is 0 Å². The third kappa shape index (κ3) is 2.80. The lowest BCUT2D eigenvalue weighted by atomic mass is 10.1. The average molecular weight is 251 g/mol. The van der Waals surface area contributed by atoms with Crippen molar-refractivity contribution < 1.29 is 4.79 Å². The molecule has 0 bridgehead atoms. The van der Waals surface area contributed by atoms with Crippen molar-refractivity contribution in [3.05, 3.63) is 41.5 Å². The van der Waals surface area contributed by atoms with Gasteiger partial charge in [0.25, 0.3) is 0 Å². The molecular formula is C13H15ClN2O. The zero-order chi connectivity index (χ0) is 12.3. The molecule has 1 aliphatic rings. The Kier molecular flexibility index (Phi) is 3.69. The van der Waals surface area contributed by atoms with Crippen LogP contribution in [0.5, 0.6) is 0 Å². The maximum absolute atomic E-state index is 10.9. The van der Waals surface area contributed by atoms with Crippen molar-refractivity contribution in [3.63, 3.8) is 0 Å². The van der Waals surface area contributed by atoms with Crippen LogP contribution in [-0.2, 0) is 10.7 Å². The highest BCUT2D eigenvalue weighted by molar-refractivity contribution is 6.17. The molecule has 3 nitrogen and oxygen atoms in total. The first-order valence-electron chi connectivity index (χ1n) is 5.60. The van der Waals surface area contributed by atoms with Gasteiger partial charge in [-0.25, -0.2) is 0 Å². The second kappa shape index (κ2) is 5.23. The Morgan fingerprint density at radius 2 is 2.24 bits per heavy atom. The number of benzene rings is 1. The second-order valence-electron chi connectivity index (χ2n) is 4.16. The molecule has 0 saturated carbocycles. The van der Waals surface area contributed by atoms with Gasteiger partial charge < -0.3 is 11.1 Å². The molecular weight excluding hydrogens is 236 g/mol. The molecule has 0 aliphatic carbocycles. The van der Waals surface area contributed by atoms with Gasteiger partial charge in [-0.05, 0) is 12.0 Å². The molecule has 1 aromatic carbocycles. The Morgan fingerprint density at radius 1 is 1.47 bits per heavy atom. The van der Waals surface area contributed by atoms with Crippen molar-refractivity contribution in [3.8, 4) is 0 Å². The van der Waals surface area contributed by atoms with Crippen LogP contribution in [0.1, 0.15) is 24.0 Å². The van der Waals surface area contributed by atoms with Crippen LogP contribution in [0.15, 0.2) is 30.3 Å². The number of amides is 1. The molecule has 0 saturated heterocycles. The van der Waals surface area contributed by atoms with E-state index in [0.717, 1.165) is 23.2 Å². The second-order valence-corrected chi connectivity index (χ2v) is 4.42. The van der Waals surface area contributed by atoms with Gasteiger partial charge >= 0.3 is 0 Å². The molecule has 0 spiro atoms. The predicted octanol–water partition coefficient (Wildman–Crippen LogP) is 2.00. The summed E-state index contributed by atoms with van der Waals surface area (Å²) in [5, 5.41) is 3.31. The highest BCUT2D eigenvalue weighted by atomic mass is 35.5. The number of hydrogen-bond acceptors (Lipinski definition) is 2. The molecule has 1 unspecified atom stereocenters. The van der Waals surface area contributed by atoms with Gasteiger partial charge in [-0.1, -0.05) is 30.3 Å². The topological polar surface area (TPSA) is 55.1 Å². The molecule has 1 atom stereocenters. The largest absolute Gasteiger partial charge is 0.381 e. The summed E-state index contributed by atoms with van der Waals surface area (Å²) in [5.41, 5.74) is 8.43. The summed E-state index contributed by atoms with van der Waals surface area (Å²) in [6.07, 6.45) is 3.29. The maximum Gasteiger partial charge on any atom is 0.219 e. The van der Waals surface area contributed by atoms with Gasteiger partial charge in [0.2, 0.25) is 5.91 Å². The summed E-state index contributed by atoms with van der Waals surface area (Å²) in [5.74, 6) is 0.207. The number of halogens is 1. The minimum atomic E-state index is -0.275. The van der Waals surface area contributed by atoms with Crippen LogP contribution in [0, 0.1) is 0 Å². The third-order valence-corrected chi connectivity index (χ3v) is 3.15. The van der Waals surface area contributed by atoms with Crippen molar-refractivity contribution >= 4 is 23.2 Å². The Hall–Kier alpha value is -1.48. The number of nitrogens with two attached hydrogens (primary N) is 1. The average Bonchev–Trinajstić information content (AvgIpc) is 2.76. The van der Waals surface area contributed by atoms with Crippen LogP contribution in [0.25, 0.3) is 5.70 Å². The fourth-order valence-electron chi connectivity index (χ4n) is 2.06. The maximum atomic E-state index is 10.9. The number of rotatable bonds is 4. The lowest BCUT2D eigenvalue weighted by molar-refractivity contribution is -0.118. The van der Waals surface area contributed by atoms with E-state index in [4.69, 9.17) is 17.3 Å². The highest BCUT2D eigenvalue weighted by Crippen LogP contribution is 2.24. The Morgan fingerprint density at radius 3 is 2.94 bits per heavy atom. The highest BCUT2D eigenvalue weighted by Gasteiger charge is 2.19. The molecule has 0 fully saturated rings. The van der Waals surface area contributed by atoms with Crippen molar-refractivity contribution in [2.45, 2.75) is 24.8 Å². The van der Waals surface area contributed by atoms with Crippen molar-refractivity contribution in [2.75, 3.05) is 0 Å². The fraction of sp³-hybridized carbons (Fsp3) is 0.308. The molecule has 1 aliphatic heterocycles. The first kappa shape index (κ1) is 12.0. The number of nitrogens with one attached hydrogen (secondary N) is 1. The fourth-order valence-corrected chi connectivity index (χ4v) is 2.30. The van der Waals surface area contributed by atoms with Crippen LogP contribution in [0.2, 0.25) is 0 Å². The van der Waals surface area contributed by atoms with E-state index < -0.39 is 0 Å². The summed E-state index contributed by atoms with van der Waals surface area (Å²) in [4.78, 5) is 10.9. The molecule has 0 radical (unpaired) electrons. The van der Waals surface area contributed by atoms with Crippen LogP contribution in [0.4, 0.5) is 0 Å². The molecule has 1 amide bonds. The van der Waals surface area contributed by atoms with Gasteiger partial charge in [-0.15, -0.1) is 11.6 Å². The van der Waals surface area contributed by atoms with Crippen LogP contribution in [-0.4, -0.2) is 11.9 Å². The number of primary amides is 1. The van der Waals surface area contributed by atoms with E-state index in [-0.39, 0.29) is 11.9 Å². The first-order valence-corrected chi connectivity index (χ1v) is 6.13. The van der Waals surface area contributed by atoms with Crippen LogP contribution in [0.3, 0.4) is 0 Å².